The number of urea groups is 1. The van der Waals surface area contributed by atoms with Crippen LogP contribution < -0.4 is 4.90 Å². The molecule has 0 aliphatic carbocycles. The number of fused-ring (bicyclic) bond motifs is 1. The van der Waals surface area contributed by atoms with Gasteiger partial charge in [-0.2, -0.15) is 0 Å². The summed E-state index contributed by atoms with van der Waals surface area (Å²) in [7, 11) is 1.78. The Morgan fingerprint density at radius 1 is 1.40 bits per heavy atom. The molecule has 0 radical (unpaired) electrons. The molecule has 2 rings (SSSR count). The zero-order chi connectivity index (χ0) is 14.7. The highest BCUT2D eigenvalue weighted by atomic mass is 16.4. The maximum Gasteiger partial charge on any atom is 0.336 e. The number of nitrogens with zero attached hydrogens (tertiary/aromatic N) is 2. The standard InChI is InChI=1S/C15H20N2O3/c1-3-9-16(2)15(20)17-10-5-7-11-12(14(18)19)6-4-8-13(11)17/h4,6,8H,3,5,7,9-10H2,1-2H3,(H,18,19). The maximum absolute atomic E-state index is 12.4. The molecule has 108 valence electrons. The quantitative estimate of drug-likeness (QED) is 0.923. The van der Waals surface area contributed by atoms with Gasteiger partial charge in [-0.05, 0) is 37.0 Å². The summed E-state index contributed by atoms with van der Waals surface area (Å²) < 4.78 is 0. The van der Waals surface area contributed by atoms with Crippen LogP contribution in [0.3, 0.4) is 0 Å². The summed E-state index contributed by atoms with van der Waals surface area (Å²) in [6.07, 6.45) is 2.40. The van der Waals surface area contributed by atoms with Crippen LogP contribution in [0.25, 0.3) is 0 Å². The molecule has 1 heterocycles. The van der Waals surface area contributed by atoms with E-state index < -0.39 is 5.97 Å². The van der Waals surface area contributed by atoms with Crippen molar-refractivity contribution in [3.63, 3.8) is 0 Å². The Morgan fingerprint density at radius 2 is 2.15 bits per heavy atom. The van der Waals surface area contributed by atoms with E-state index in [1.165, 1.54) is 0 Å². The molecular weight excluding hydrogens is 256 g/mol. The number of carboxylic acid groups (broad SMARTS) is 1. The van der Waals surface area contributed by atoms with E-state index in [2.05, 4.69) is 0 Å². The molecular formula is C15H20N2O3. The number of carbonyl (C=O) groups excluding carboxylic acids is 1. The van der Waals surface area contributed by atoms with E-state index in [-0.39, 0.29) is 6.03 Å². The second kappa shape index (κ2) is 5.94. The zero-order valence-corrected chi connectivity index (χ0v) is 11.9. The van der Waals surface area contributed by atoms with Crippen molar-refractivity contribution < 1.29 is 14.7 Å². The number of carbonyl (C=O) groups is 2. The Balaban J connectivity index is 2.36. The molecule has 0 atom stereocenters. The van der Waals surface area contributed by atoms with Gasteiger partial charge in [-0.25, -0.2) is 9.59 Å². The van der Waals surface area contributed by atoms with E-state index in [9.17, 15) is 14.7 Å². The van der Waals surface area contributed by atoms with Crippen molar-refractivity contribution >= 4 is 17.7 Å². The van der Waals surface area contributed by atoms with E-state index in [0.717, 1.165) is 24.1 Å². The van der Waals surface area contributed by atoms with Gasteiger partial charge in [-0.15, -0.1) is 0 Å². The number of carboxylic acids is 1. The molecule has 0 fully saturated rings. The van der Waals surface area contributed by atoms with Gasteiger partial charge in [0, 0.05) is 25.8 Å². The summed E-state index contributed by atoms with van der Waals surface area (Å²) in [4.78, 5) is 27.1. The fourth-order valence-corrected chi connectivity index (χ4v) is 2.66. The van der Waals surface area contributed by atoms with E-state index in [1.807, 2.05) is 13.0 Å². The smallest absolute Gasteiger partial charge is 0.336 e. The predicted molar refractivity (Wildman–Crippen MR) is 77.4 cm³/mol. The summed E-state index contributed by atoms with van der Waals surface area (Å²) >= 11 is 0. The molecule has 5 heteroatoms. The highest BCUT2D eigenvalue weighted by molar-refractivity contribution is 5.97. The van der Waals surface area contributed by atoms with E-state index in [1.54, 1.807) is 29.0 Å². The first kappa shape index (κ1) is 14.4. The Bertz CT molecular complexity index is 528. The van der Waals surface area contributed by atoms with Gasteiger partial charge in [0.1, 0.15) is 0 Å². The highest BCUT2D eigenvalue weighted by Gasteiger charge is 2.27. The summed E-state index contributed by atoms with van der Waals surface area (Å²) in [6, 6.07) is 5.08. The van der Waals surface area contributed by atoms with Gasteiger partial charge in [0.25, 0.3) is 0 Å². The van der Waals surface area contributed by atoms with Crippen LogP contribution in [0.15, 0.2) is 18.2 Å². The fourth-order valence-electron chi connectivity index (χ4n) is 2.66. The lowest BCUT2D eigenvalue weighted by Crippen LogP contribution is -2.44. The molecule has 0 saturated carbocycles. The van der Waals surface area contributed by atoms with Crippen LogP contribution in [-0.4, -0.2) is 42.1 Å². The zero-order valence-electron chi connectivity index (χ0n) is 11.9. The average Bonchev–Trinajstić information content (AvgIpc) is 2.45. The Morgan fingerprint density at radius 3 is 2.80 bits per heavy atom. The van der Waals surface area contributed by atoms with Crippen molar-refractivity contribution in [1.29, 1.82) is 0 Å². The van der Waals surface area contributed by atoms with E-state index >= 15 is 0 Å². The van der Waals surface area contributed by atoms with E-state index in [4.69, 9.17) is 0 Å². The Kier molecular flexibility index (Phi) is 4.27. The SMILES string of the molecule is CCCN(C)C(=O)N1CCCc2c(C(=O)O)cccc21. The molecule has 1 aliphatic rings. The normalized spacial score (nSPS) is 13.8. The van der Waals surface area contributed by atoms with Gasteiger partial charge in [0.15, 0.2) is 0 Å². The maximum atomic E-state index is 12.4. The monoisotopic (exact) mass is 276 g/mol. The number of rotatable bonds is 3. The van der Waals surface area contributed by atoms with Crippen molar-refractivity contribution in [3.05, 3.63) is 29.3 Å². The average molecular weight is 276 g/mol. The first-order valence-electron chi connectivity index (χ1n) is 6.94. The van der Waals surface area contributed by atoms with Crippen LogP contribution in [-0.2, 0) is 6.42 Å². The third kappa shape index (κ3) is 2.61. The number of aromatic carboxylic acids is 1. The van der Waals surface area contributed by atoms with Gasteiger partial charge in [-0.3, -0.25) is 4.90 Å². The van der Waals surface area contributed by atoms with Gasteiger partial charge in [0.2, 0.25) is 0 Å². The van der Waals surface area contributed by atoms with Gasteiger partial charge >= 0.3 is 12.0 Å². The van der Waals surface area contributed by atoms with Crippen LogP contribution in [0, 0.1) is 0 Å². The molecule has 5 nitrogen and oxygen atoms in total. The predicted octanol–water partition coefficient (Wildman–Crippen LogP) is 2.60. The molecule has 1 aromatic rings. The van der Waals surface area contributed by atoms with Crippen LogP contribution in [0.4, 0.5) is 10.5 Å². The van der Waals surface area contributed by atoms with Crippen LogP contribution in [0.1, 0.15) is 35.7 Å². The third-order valence-corrected chi connectivity index (χ3v) is 3.60. The topological polar surface area (TPSA) is 60.9 Å². The molecule has 1 aliphatic heterocycles. The Hall–Kier alpha value is -2.04. The van der Waals surface area contributed by atoms with Gasteiger partial charge in [0.05, 0.1) is 5.56 Å². The second-order valence-corrected chi connectivity index (χ2v) is 5.07. The lowest BCUT2D eigenvalue weighted by atomic mass is 9.96. The molecule has 20 heavy (non-hydrogen) atoms. The van der Waals surface area contributed by atoms with Crippen molar-refractivity contribution in [3.8, 4) is 0 Å². The first-order chi connectivity index (χ1) is 9.56. The van der Waals surface area contributed by atoms with Gasteiger partial charge < -0.3 is 10.0 Å². The van der Waals surface area contributed by atoms with Crippen molar-refractivity contribution in [2.24, 2.45) is 0 Å². The number of anilines is 1. The van der Waals surface area contributed by atoms with Crippen molar-refractivity contribution in [1.82, 2.24) is 4.90 Å². The Labute approximate surface area is 118 Å². The minimum Gasteiger partial charge on any atom is -0.478 e. The fraction of sp³-hybridized carbons (Fsp3) is 0.467. The van der Waals surface area contributed by atoms with Crippen molar-refractivity contribution in [2.75, 3.05) is 25.0 Å². The van der Waals surface area contributed by atoms with Crippen molar-refractivity contribution in [2.45, 2.75) is 26.2 Å². The van der Waals surface area contributed by atoms with Crippen LogP contribution in [0.5, 0.6) is 0 Å². The lowest BCUT2D eigenvalue weighted by molar-refractivity contribution is 0.0695. The second-order valence-electron chi connectivity index (χ2n) is 5.07. The third-order valence-electron chi connectivity index (χ3n) is 3.60. The minimum atomic E-state index is -0.932. The molecule has 2 amide bonds. The van der Waals surface area contributed by atoms with Gasteiger partial charge in [-0.1, -0.05) is 13.0 Å². The molecule has 0 saturated heterocycles. The largest absolute Gasteiger partial charge is 0.478 e. The lowest BCUT2D eigenvalue weighted by Gasteiger charge is -2.33. The first-order valence-corrected chi connectivity index (χ1v) is 6.94. The molecule has 1 aromatic carbocycles. The van der Waals surface area contributed by atoms with Crippen LogP contribution >= 0.6 is 0 Å². The molecule has 0 spiro atoms. The van der Waals surface area contributed by atoms with Crippen LogP contribution in [0.2, 0.25) is 0 Å². The molecule has 1 N–H and O–H groups in total. The molecule has 0 unspecified atom stereocenters. The van der Waals surface area contributed by atoms with E-state index in [0.29, 0.717) is 25.1 Å². The number of hydrogen-bond donors (Lipinski definition) is 1. The summed E-state index contributed by atoms with van der Waals surface area (Å²) in [5.74, 6) is -0.932. The summed E-state index contributed by atoms with van der Waals surface area (Å²) in [5.41, 5.74) is 1.81. The molecule has 0 bridgehead atoms. The molecule has 0 aromatic heterocycles. The number of hydrogen-bond acceptors (Lipinski definition) is 2. The minimum absolute atomic E-state index is 0.0599. The number of benzene rings is 1. The summed E-state index contributed by atoms with van der Waals surface area (Å²) in [6.45, 7) is 3.36. The highest BCUT2D eigenvalue weighted by Crippen LogP contribution is 2.30. The number of amides is 2. The summed E-state index contributed by atoms with van der Waals surface area (Å²) in [5, 5.41) is 9.25.